The second kappa shape index (κ2) is 4.13. The molecule has 1 rings (SSSR count). The molecule has 0 aromatic carbocycles. The average molecular weight is 156 g/mol. The van der Waals surface area contributed by atoms with Crippen molar-refractivity contribution < 1.29 is 9.53 Å². The first kappa shape index (κ1) is 8.27. The highest BCUT2D eigenvalue weighted by Crippen LogP contribution is 1.98. The Labute approximate surface area is 66.6 Å². The van der Waals surface area contributed by atoms with Crippen LogP contribution in [0.2, 0.25) is 0 Å². The molecule has 1 saturated heterocycles. The zero-order chi connectivity index (χ0) is 8.10. The van der Waals surface area contributed by atoms with Crippen molar-refractivity contribution in [2.75, 3.05) is 26.3 Å². The molecule has 0 aliphatic carbocycles. The third-order valence-corrected chi connectivity index (χ3v) is 1.58. The van der Waals surface area contributed by atoms with Gasteiger partial charge in [0.15, 0.2) is 0 Å². The lowest BCUT2D eigenvalue weighted by molar-refractivity contribution is -0.131. The van der Waals surface area contributed by atoms with Crippen LogP contribution in [0, 0.1) is 6.42 Å². The van der Waals surface area contributed by atoms with E-state index in [1.54, 1.807) is 4.90 Å². The molecule has 1 fully saturated rings. The van der Waals surface area contributed by atoms with Crippen LogP contribution in [0.5, 0.6) is 0 Å². The molecule has 1 amide bonds. The summed E-state index contributed by atoms with van der Waals surface area (Å²) in [6.45, 7) is 6.16. The smallest absolute Gasteiger partial charge is 0.230 e. The summed E-state index contributed by atoms with van der Waals surface area (Å²) in [5.41, 5.74) is 0. The Morgan fingerprint density at radius 3 is 2.64 bits per heavy atom. The molecule has 11 heavy (non-hydrogen) atoms. The van der Waals surface area contributed by atoms with Gasteiger partial charge < -0.3 is 9.64 Å². The summed E-state index contributed by atoms with van der Waals surface area (Å²) >= 11 is 0. The van der Waals surface area contributed by atoms with E-state index in [0.29, 0.717) is 26.3 Å². The number of amides is 1. The minimum absolute atomic E-state index is 0.0308. The zero-order valence-corrected chi connectivity index (χ0v) is 6.45. The number of morpholine rings is 1. The van der Waals surface area contributed by atoms with Gasteiger partial charge in [0.1, 0.15) is 0 Å². The summed E-state index contributed by atoms with van der Waals surface area (Å²) in [6, 6.07) is 0. The third kappa shape index (κ3) is 2.35. The maximum absolute atomic E-state index is 11.1. The normalized spacial score (nSPS) is 18.0. The van der Waals surface area contributed by atoms with Crippen LogP contribution >= 0.6 is 0 Å². The van der Waals surface area contributed by atoms with E-state index < -0.39 is 0 Å². The van der Waals surface area contributed by atoms with Crippen LogP contribution in [0.3, 0.4) is 0 Å². The number of hydrogen-bond acceptors (Lipinski definition) is 2. The number of nitrogens with zero attached hydrogens (tertiary/aromatic N) is 1. The molecule has 0 N–H and O–H groups in total. The second-order valence-electron chi connectivity index (χ2n) is 2.34. The van der Waals surface area contributed by atoms with Crippen molar-refractivity contribution in [1.29, 1.82) is 0 Å². The van der Waals surface area contributed by atoms with Crippen molar-refractivity contribution in [3.8, 4) is 0 Å². The van der Waals surface area contributed by atoms with E-state index >= 15 is 0 Å². The van der Waals surface area contributed by atoms with E-state index in [0.717, 1.165) is 0 Å². The van der Waals surface area contributed by atoms with Crippen LogP contribution in [-0.4, -0.2) is 37.1 Å². The average Bonchev–Trinajstić information content (AvgIpc) is 2.07. The van der Waals surface area contributed by atoms with Gasteiger partial charge >= 0.3 is 0 Å². The molecule has 0 saturated carbocycles. The van der Waals surface area contributed by atoms with Crippen LogP contribution in [0.4, 0.5) is 0 Å². The van der Waals surface area contributed by atoms with Gasteiger partial charge in [0, 0.05) is 13.1 Å². The summed E-state index contributed by atoms with van der Waals surface area (Å²) in [7, 11) is 0. The second-order valence-corrected chi connectivity index (χ2v) is 2.34. The first-order valence-corrected chi connectivity index (χ1v) is 3.67. The quantitative estimate of drug-likeness (QED) is 0.573. The van der Waals surface area contributed by atoms with Gasteiger partial charge in [-0.3, -0.25) is 4.79 Å². The fourth-order valence-electron chi connectivity index (χ4n) is 0.990. The molecule has 0 bridgehead atoms. The van der Waals surface area contributed by atoms with Gasteiger partial charge in [0.05, 0.1) is 19.6 Å². The monoisotopic (exact) mass is 156 g/mol. The van der Waals surface area contributed by atoms with Gasteiger partial charge in [-0.05, 0) is 0 Å². The summed E-state index contributed by atoms with van der Waals surface area (Å²) in [6.07, 6.45) is 2.99. The fourth-order valence-corrected chi connectivity index (χ4v) is 0.990. The molecular formula is C8H12NO2. The minimum atomic E-state index is 0.0308. The molecule has 0 aromatic heterocycles. The van der Waals surface area contributed by atoms with Gasteiger partial charge in [-0.25, -0.2) is 0 Å². The van der Waals surface area contributed by atoms with Crippen LogP contribution < -0.4 is 0 Å². The fraction of sp³-hybridized carbons (Fsp3) is 0.500. The molecule has 3 heteroatoms. The first-order chi connectivity index (χ1) is 5.34. The maximum Gasteiger partial charge on any atom is 0.230 e. The molecule has 0 aromatic rings. The molecule has 1 heterocycles. The summed E-state index contributed by atoms with van der Waals surface area (Å²) in [4.78, 5) is 12.9. The van der Waals surface area contributed by atoms with Crippen molar-refractivity contribution in [1.82, 2.24) is 4.90 Å². The largest absolute Gasteiger partial charge is 0.378 e. The number of rotatable bonds is 2. The van der Waals surface area contributed by atoms with E-state index in [1.807, 2.05) is 0 Å². The van der Waals surface area contributed by atoms with Gasteiger partial charge in [-0.15, -0.1) is 6.58 Å². The number of carbonyl (C=O) groups excluding carboxylic acids is 1. The Morgan fingerprint density at radius 2 is 2.09 bits per heavy atom. The minimum Gasteiger partial charge on any atom is -0.378 e. The lowest BCUT2D eigenvalue weighted by Gasteiger charge is -2.26. The molecule has 0 unspecified atom stereocenters. The van der Waals surface area contributed by atoms with E-state index in [1.165, 1.54) is 12.5 Å². The molecule has 1 aliphatic rings. The predicted octanol–water partition coefficient (Wildman–Crippen LogP) is 0.235. The molecule has 3 nitrogen and oxygen atoms in total. The predicted molar refractivity (Wildman–Crippen MR) is 41.9 cm³/mol. The highest BCUT2D eigenvalue weighted by atomic mass is 16.5. The lowest BCUT2D eigenvalue weighted by Crippen LogP contribution is -2.40. The first-order valence-electron chi connectivity index (χ1n) is 3.67. The zero-order valence-electron chi connectivity index (χ0n) is 6.45. The van der Waals surface area contributed by atoms with Crippen LogP contribution in [-0.2, 0) is 9.53 Å². The van der Waals surface area contributed by atoms with Crippen molar-refractivity contribution in [2.24, 2.45) is 0 Å². The number of carbonyl (C=O) groups is 1. The van der Waals surface area contributed by atoms with Crippen molar-refractivity contribution in [2.45, 2.75) is 0 Å². The van der Waals surface area contributed by atoms with Gasteiger partial charge in [0.25, 0.3) is 0 Å². The SMILES string of the molecule is C=C[CH][14C](=O)N1CCOCC1. The topological polar surface area (TPSA) is 29.5 Å². The molecule has 0 spiro atoms. The van der Waals surface area contributed by atoms with E-state index in [4.69, 9.17) is 4.74 Å². The Hall–Kier alpha value is -0.830. The van der Waals surface area contributed by atoms with E-state index in [2.05, 4.69) is 6.58 Å². The van der Waals surface area contributed by atoms with Crippen molar-refractivity contribution in [3.05, 3.63) is 19.1 Å². The van der Waals surface area contributed by atoms with Crippen LogP contribution in [0.15, 0.2) is 12.7 Å². The summed E-state index contributed by atoms with van der Waals surface area (Å²) in [5, 5.41) is 0. The van der Waals surface area contributed by atoms with E-state index in [9.17, 15) is 4.79 Å². The molecule has 61 valence electrons. The Balaban J connectivity index is 2.32. The Kier molecular flexibility index (Phi) is 3.11. The third-order valence-electron chi connectivity index (χ3n) is 1.58. The van der Waals surface area contributed by atoms with Crippen molar-refractivity contribution in [3.63, 3.8) is 0 Å². The van der Waals surface area contributed by atoms with Crippen LogP contribution in [0.1, 0.15) is 0 Å². The van der Waals surface area contributed by atoms with Gasteiger partial charge in [-0.1, -0.05) is 6.08 Å². The number of hydrogen-bond donors (Lipinski definition) is 0. The number of ether oxygens (including phenoxy) is 1. The molecule has 0 atom stereocenters. The standard InChI is InChI=1S/C8H12NO2/c1-2-3-8(10)9-4-6-11-7-5-9/h2-3H,1,4-7H2/i8+2. The van der Waals surface area contributed by atoms with Gasteiger partial charge in [-0.2, -0.15) is 0 Å². The Morgan fingerprint density at radius 1 is 1.45 bits per heavy atom. The summed E-state index contributed by atoms with van der Waals surface area (Å²) < 4.78 is 5.09. The molecule has 1 radical (unpaired) electrons. The van der Waals surface area contributed by atoms with E-state index in [-0.39, 0.29) is 5.91 Å². The lowest BCUT2D eigenvalue weighted by atomic mass is 10.5. The highest BCUT2D eigenvalue weighted by molar-refractivity contribution is 5.86. The van der Waals surface area contributed by atoms with Gasteiger partial charge in [0.2, 0.25) is 5.91 Å². The highest BCUT2D eigenvalue weighted by Gasteiger charge is 2.14. The Bertz CT molecular complexity index is 150. The summed E-state index contributed by atoms with van der Waals surface area (Å²) in [5.74, 6) is 0.0308. The van der Waals surface area contributed by atoms with Crippen molar-refractivity contribution >= 4 is 5.91 Å². The maximum atomic E-state index is 11.1. The van der Waals surface area contributed by atoms with Crippen LogP contribution in [0.25, 0.3) is 0 Å². The molecule has 1 aliphatic heterocycles. The molecular weight excluding hydrogens is 144 g/mol.